The minimum atomic E-state index is -0.194. The van der Waals surface area contributed by atoms with Crippen LogP contribution < -0.4 is 24.3 Å². The molecule has 0 radical (unpaired) electrons. The van der Waals surface area contributed by atoms with Crippen LogP contribution in [0.5, 0.6) is 23.0 Å². The zero-order chi connectivity index (χ0) is 19.2. The Kier molecular flexibility index (Phi) is 6.06. The highest BCUT2D eigenvalue weighted by atomic mass is 16.6. The number of amides is 1. The Hall–Kier alpha value is -2.89. The number of hydrogen-bond acceptors (Lipinski definition) is 5. The fraction of sp³-hybridized carbons (Fsp3) is 0.381. The Morgan fingerprint density at radius 1 is 1.00 bits per heavy atom. The van der Waals surface area contributed by atoms with Crippen LogP contribution in [-0.4, -0.2) is 32.3 Å². The number of nitrogens with one attached hydrogen (secondary N) is 1. The molecule has 27 heavy (non-hydrogen) atoms. The molecule has 1 unspecified atom stereocenters. The predicted molar refractivity (Wildman–Crippen MR) is 102 cm³/mol. The number of carbonyl (C=O) groups excluding carboxylic acids is 1. The summed E-state index contributed by atoms with van der Waals surface area (Å²) in [7, 11) is 0. The molecule has 6 nitrogen and oxygen atoms in total. The lowest BCUT2D eigenvalue weighted by Crippen LogP contribution is -2.27. The van der Waals surface area contributed by atoms with E-state index >= 15 is 0 Å². The van der Waals surface area contributed by atoms with Gasteiger partial charge in [0, 0.05) is 5.56 Å². The lowest BCUT2D eigenvalue weighted by molar-refractivity contribution is 0.0938. The topological polar surface area (TPSA) is 66.0 Å². The molecular weight excluding hydrogens is 346 g/mol. The van der Waals surface area contributed by atoms with Crippen molar-refractivity contribution >= 4 is 5.91 Å². The van der Waals surface area contributed by atoms with Crippen LogP contribution in [0.4, 0.5) is 0 Å². The Bertz CT molecular complexity index is 805. The number of ether oxygens (including phenoxy) is 4. The molecule has 0 spiro atoms. The fourth-order valence-corrected chi connectivity index (χ4v) is 2.88. The molecular formula is C21H25NO5. The minimum absolute atomic E-state index is 0.175. The molecule has 2 aromatic rings. The molecule has 2 aromatic carbocycles. The van der Waals surface area contributed by atoms with E-state index in [1.54, 1.807) is 18.2 Å². The van der Waals surface area contributed by atoms with E-state index in [-0.39, 0.29) is 11.9 Å². The van der Waals surface area contributed by atoms with Crippen molar-refractivity contribution in [1.82, 2.24) is 5.32 Å². The third kappa shape index (κ3) is 4.45. The van der Waals surface area contributed by atoms with Gasteiger partial charge < -0.3 is 24.3 Å². The SMILES string of the molecule is CCOc1ccc(C(C)NC(=O)c2ccc3c(c2)OCCO3)cc1OCC. The van der Waals surface area contributed by atoms with Crippen LogP contribution in [0.1, 0.15) is 42.7 Å². The summed E-state index contributed by atoms with van der Waals surface area (Å²) in [4.78, 5) is 12.6. The fourth-order valence-electron chi connectivity index (χ4n) is 2.88. The van der Waals surface area contributed by atoms with Crippen LogP contribution in [0.2, 0.25) is 0 Å². The third-order valence-electron chi connectivity index (χ3n) is 4.22. The van der Waals surface area contributed by atoms with E-state index < -0.39 is 0 Å². The molecule has 1 N–H and O–H groups in total. The van der Waals surface area contributed by atoms with Crippen molar-refractivity contribution in [3.63, 3.8) is 0 Å². The molecule has 0 fully saturated rings. The monoisotopic (exact) mass is 371 g/mol. The standard InChI is InChI=1S/C21H25NO5/c1-4-24-17-8-6-15(12-19(17)25-5-2)14(3)22-21(23)16-7-9-18-20(13-16)27-11-10-26-18/h6-9,12-14H,4-5,10-11H2,1-3H3,(H,22,23). The highest BCUT2D eigenvalue weighted by Gasteiger charge is 2.17. The zero-order valence-corrected chi connectivity index (χ0v) is 15.9. The smallest absolute Gasteiger partial charge is 0.251 e. The summed E-state index contributed by atoms with van der Waals surface area (Å²) in [5.74, 6) is 2.47. The van der Waals surface area contributed by atoms with Crippen molar-refractivity contribution in [3.05, 3.63) is 47.5 Å². The second kappa shape index (κ2) is 8.66. The van der Waals surface area contributed by atoms with Gasteiger partial charge in [0.05, 0.1) is 19.3 Å². The third-order valence-corrected chi connectivity index (χ3v) is 4.22. The van der Waals surface area contributed by atoms with Crippen LogP contribution in [0, 0.1) is 0 Å². The van der Waals surface area contributed by atoms with E-state index in [2.05, 4.69) is 5.32 Å². The Labute approximate surface area is 159 Å². The van der Waals surface area contributed by atoms with Gasteiger partial charge in [-0.05, 0) is 56.7 Å². The van der Waals surface area contributed by atoms with Crippen molar-refractivity contribution in [1.29, 1.82) is 0 Å². The molecule has 0 aromatic heterocycles. The quantitative estimate of drug-likeness (QED) is 0.803. The van der Waals surface area contributed by atoms with Crippen molar-refractivity contribution in [3.8, 4) is 23.0 Å². The van der Waals surface area contributed by atoms with Gasteiger partial charge in [-0.25, -0.2) is 0 Å². The number of benzene rings is 2. The van der Waals surface area contributed by atoms with Gasteiger partial charge in [-0.1, -0.05) is 6.07 Å². The maximum Gasteiger partial charge on any atom is 0.251 e. The molecule has 1 aliphatic heterocycles. The summed E-state index contributed by atoms with van der Waals surface area (Å²) in [5, 5.41) is 3.01. The average molecular weight is 371 g/mol. The van der Waals surface area contributed by atoms with Crippen molar-refractivity contribution in [2.24, 2.45) is 0 Å². The van der Waals surface area contributed by atoms with Crippen LogP contribution in [0.3, 0.4) is 0 Å². The van der Waals surface area contributed by atoms with Crippen LogP contribution in [-0.2, 0) is 0 Å². The lowest BCUT2D eigenvalue weighted by atomic mass is 10.1. The summed E-state index contributed by atoms with van der Waals surface area (Å²) in [6.45, 7) is 7.91. The van der Waals surface area contributed by atoms with Crippen LogP contribution >= 0.6 is 0 Å². The van der Waals surface area contributed by atoms with Gasteiger partial charge >= 0.3 is 0 Å². The second-order valence-corrected chi connectivity index (χ2v) is 6.13. The van der Waals surface area contributed by atoms with Crippen molar-refractivity contribution in [2.45, 2.75) is 26.8 Å². The predicted octanol–water partition coefficient (Wildman–Crippen LogP) is 3.75. The normalized spacial score (nSPS) is 13.6. The van der Waals surface area contributed by atoms with Crippen LogP contribution in [0.25, 0.3) is 0 Å². The first-order chi connectivity index (χ1) is 13.1. The largest absolute Gasteiger partial charge is 0.490 e. The molecule has 3 rings (SSSR count). The second-order valence-electron chi connectivity index (χ2n) is 6.13. The summed E-state index contributed by atoms with van der Waals surface area (Å²) in [5.41, 5.74) is 1.47. The highest BCUT2D eigenvalue weighted by Crippen LogP contribution is 2.32. The number of rotatable bonds is 7. The van der Waals surface area contributed by atoms with Gasteiger partial charge in [-0.2, -0.15) is 0 Å². The van der Waals surface area contributed by atoms with Crippen molar-refractivity contribution < 1.29 is 23.7 Å². The lowest BCUT2D eigenvalue weighted by Gasteiger charge is -2.20. The average Bonchev–Trinajstić information content (AvgIpc) is 2.69. The summed E-state index contributed by atoms with van der Waals surface area (Å²) in [6, 6.07) is 10.7. The molecule has 0 saturated carbocycles. The van der Waals surface area contributed by atoms with E-state index in [4.69, 9.17) is 18.9 Å². The van der Waals surface area contributed by atoms with Crippen LogP contribution in [0.15, 0.2) is 36.4 Å². The van der Waals surface area contributed by atoms with E-state index in [1.807, 2.05) is 39.0 Å². The van der Waals surface area contributed by atoms with Gasteiger partial charge in [-0.3, -0.25) is 4.79 Å². The van der Waals surface area contributed by atoms with Gasteiger partial charge in [-0.15, -0.1) is 0 Å². The van der Waals surface area contributed by atoms with Gasteiger partial charge in [0.2, 0.25) is 0 Å². The summed E-state index contributed by atoms with van der Waals surface area (Å²) >= 11 is 0. The highest BCUT2D eigenvalue weighted by molar-refractivity contribution is 5.95. The van der Waals surface area contributed by atoms with E-state index in [9.17, 15) is 4.79 Å². The van der Waals surface area contributed by atoms with E-state index in [0.29, 0.717) is 55.0 Å². The Balaban J connectivity index is 1.73. The first-order valence-electron chi connectivity index (χ1n) is 9.22. The van der Waals surface area contributed by atoms with Gasteiger partial charge in [0.15, 0.2) is 23.0 Å². The number of carbonyl (C=O) groups is 1. The Morgan fingerprint density at radius 3 is 2.44 bits per heavy atom. The maximum absolute atomic E-state index is 12.6. The first kappa shape index (κ1) is 18.9. The molecule has 6 heteroatoms. The molecule has 144 valence electrons. The molecule has 1 aliphatic rings. The molecule has 0 saturated heterocycles. The van der Waals surface area contributed by atoms with E-state index in [0.717, 1.165) is 5.56 Å². The van der Waals surface area contributed by atoms with Gasteiger partial charge in [0.25, 0.3) is 5.91 Å². The maximum atomic E-state index is 12.6. The molecule has 0 aliphatic carbocycles. The number of hydrogen-bond donors (Lipinski definition) is 1. The molecule has 0 bridgehead atoms. The van der Waals surface area contributed by atoms with Gasteiger partial charge in [0.1, 0.15) is 13.2 Å². The number of fused-ring (bicyclic) bond motifs is 1. The molecule has 1 atom stereocenters. The summed E-state index contributed by atoms with van der Waals surface area (Å²) in [6.07, 6.45) is 0. The first-order valence-corrected chi connectivity index (χ1v) is 9.22. The van der Waals surface area contributed by atoms with E-state index in [1.165, 1.54) is 0 Å². The molecule has 1 amide bonds. The minimum Gasteiger partial charge on any atom is -0.490 e. The molecule has 1 heterocycles. The Morgan fingerprint density at radius 2 is 1.70 bits per heavy atom. The zero-order valence-electron chi connectivity index (χ0n) is 15.9. The summed E-state index contributed by atoms with van der Waals surface area (Å²) < 4.78 is 22.3. The van der Waals surface area contributed by atoms with Crippen molar-refractivity contribution in [2.75, 3.05) is 26.4 Å².